The number of benzene rings is 1. The van der Waals surface area contributed by atoms with Crippen LogP contribution >= 0.6 is 11.6 Å². The first-order valence-corrected chi connectivity index (χ1v) is 5.97. The van der Waals surface area contributed by atoms with Gasteiger partial charge in [-0.15, -0.1) is 0 Å². The van der Waals surface area contributed by atoms with Crippen LogP contribution in [-0.4, -0.2) is 22.2 Å². The SMILES string of the molecule is COc1nccnc1C(O)Cc1c(F)cccc1Cl. The Bertz CT molecular complexity index is 560. The summed E-state index contributed by atoms with van der Waals surface area (Å²) in [6.45, 7) is 0. The van der Waals surface area contributed by atoms with Gasteiger partial charge in [-0.1, -0.05) is 17.7 Å². The molecule has 100 valence electrons. The lowest BCUT2D eigenvalue weighted by Crippen LogP contribution is -2.09. The molecule has 0 aliphatic heterocycles. The first-order valence-electron chi connectivity index (χ1n) is 5.59. The van der Waals surface area contributed by atoms with Crippen LogP contribution in [0.2, 0.25) is 5.02 Å². The van der Waals surface area contributed by atoms with Crippen molar-refractivity contribution >= 4 is 11.6 Å². The highest BCUT2D eigenvalue weighted by atomic mass is 35.5. The molecule has 4 nitrogen and oxygen atoms in total. The van der Waals surface area contributed by atoms with Crippen molar-refractivity contribution in [2.24, 2.45) is 0 Å². The lowest BCUT2D eigenvalue weighted by molar-refractivity contribution is 0.166. The van der Waals surface area contributed by atoms with Gasteiger partial charge in [-0.2, -0.15) is 0 Å². The number of halogens is 2. The average molecular weight is 283 g/mol. The highest BCUT2D eigenvalue weighted by Gasteiger charge is 2.19. The molecular formula is C13H12ClFN2O2. The predicted molar refractivity (Wildman–Crippen MR) is 68.7 cm³/mol. The molecule has 1 aromatic heterocycles. The van der Waals surface area contributed by atoms with Gasteiger partial charge in [-0.25, -0.2) is 9.37 Å². The van der Waals surface area contributed by atoms with E-state index in [4.69, 9.17) is 16.3 Å². The molecule has 1 heterocycles. The number of ether oxygens (including phenoxy) is 1. The second-order valence-electron chi connectivity index (χ2n) is 3.87. The summed E-state index contributed by atoms with van der Waals surface area (Å²) in [4.78, 5) is 7.94. The van der Waals surface area contributed by atoms with Gasteiger partial charge in [-0.3, -0.25) is 4.98 Å². The van der Waals surface area contributed by atoms with Crippen LogP contribution in [0.5, 0.6) is 5.88 Å². The Kier molecular flexibility index (Phi) is 4.29. The Morgan fingerprint density at radius 3 is 2.79 bits per heavy atom. The van der Waals surface area contributed by atoms with Crippen molar-refractivity contribution in [3.05, 3.63) is 52.7 Å². The zero-order chi connectivity index (χ0) is 13.8. The number of hydrogen-bond donors (Lipinski definition) is 1. The number of hydrogen-bond acceptors (Lipinski definition) is 4. The fourth-order valence-corrected chi connectivity index (χ4v) is 1.98. The van der Waals surface area contributed by atoms with E-state index in [1.807, 2.05) is 0 Å². The molecule has 0 saturated carbocycles. The molecule has 0 bridgehead atoms. The third-order valence-electron chi connectivity index (χ3n) is 2.66. The largest absolute Gasteiger partial charge is 0.480 e. The molecule has 2 rings (SSSR count). The fourth-order valence-electron chi connectivity index (χ4n) is 1.74. The van der Waals surface area contributed by atoms with Gasteiger partial charge in [0.2, 0.25) is 5.88 Å². The summed E-state index contributed by atoms with van der Waals surface area (Å²) in [5.74, 6) is -0.253. The van der Waals surface area contributed by atoms with E-state index in [1.165, 1.54) is 31.6 Å². The Balaban J connectivity index is 2.28. The molecule has 1 unspecified atom stereocenters. The smallest absolute Gasteiger partial charge is 0.238 e. The number of aromatic nitrogens is 2. The Labute approximate surface area is 114 Å². The van der Waals surface area contributed by atoms with Crippen LogP contribution in [-0.2, 0) is 6.42 Å². The molecule has 1 atom stereocenters. The van der Waals surface area contributed by atoms with Crippen LogP contribution in [0.15, 0.2) is 30.6 Å². The van der Waals surface area contributed by atoms with Crippen molar-refractivity contribution in [1.82, 2.24) is 9.97 Å². The third-order valence-corrected chi connectivity index (χ3v) is 3.01. The van der Waals surface area contributed by atoms with Gasteiger partial charge in [-0.05, 0) is 12.1 Å². The zero-order valence-electron chi connectivity index (χ0n) is 10.2. The predicted octanol–water partition coefficient (Wildman–Crippen LogP) is 2.55. The summed E-state index contributed by atoms with van der Waals surface area (Å²) in [5.41, 5.74) is 0.494. The highest BCUT2D eigenvalue weighted by molar-refractivity contribution is 6.31. The van der Waals surface area contributed by atoms with E-state index in [9.17, 15) is 9.50 Å². The monoisotopic (exact) mass is 282 g/mol. The van der Waals surface area contributed by atoms with E-state index < -0.39 is 11.9 Å². The molecular weight excluding hydrogens is 271 g/mol. The van der Waals surface area contributed by atoms with Gasteiger partial charge in [0.1, 0.15) is 17.6 Å². The van der Waals surface area contributed by atoms with Gasteiger partial charge < -0.3 is 9.84 Å². The third kappa shape index (κ3) is 3.00. The average Bonchev–Trinajstić information content (AvgIpc) is 2.42. The highest BCUT2D eigenvalue weighted by Crippen LogP contribution is 2.27. The molecule has 0 radical (unpaired) electrons. The maximum atomic E-state index is 13.6. The number of aliphatic hydroxyl groups excluding tert-OH is 1. The maximum Gasteiger partial charge on any atom is 0.238 e. The van der Waals surface area contributed by atoms with Crippen molar-refractivity contribution < 1.29 is 14.2 Å². The number of aliphatic hydroxyl groups is 1. The maximum absolute atomic E-state index is 13.6. The quantitative estimate of drug-likeness (QED) is 0.936. The van der Waals surface area contributed by atoms with E-state index >= 15 is 0 Å². The molecule has 0 spiro atoms. The van der Waals surface area contributed by atoms with Crippen LogP contribution in [0.25, 0.3) is 0 Å². The first kappa shape index (κ1) is 13.7. The minimum Gasteiger partial charge on any atom is -0.480 e. The molecule has 1 aromatic carbocycles. The van der Waals surface area contributed by atoms with Crippen molar-refractivity contribution in [3.8, 4) is 5.88 Å². The molecule has 2 aromatic rings. The lowest BCUT2D eigenvalue weighted by atomic mass is 10.0. The van der Waals surface area contributed by atoms with Gasteiger partial charge in [0.05, 0.1) is 7.11 Å². The lowest BCUT2D eigenvalue weighted by Gasteiger charge is -2.13. The molecule has 1 N–H and O–H groups in total. The summed E-state index contributed by atoms with van der Waals surface area (Å²) < 4.78 is 18.7. The molecule has 0 aliphatic carbocycles. The zero-order valence-corrected chi connectivity index (χ0v) is 10.9. The number of nitrogens with zero attached hydrogens (tertiary/aromatic N) is 2. The van der Waals surface area contributed by atoms with Crippen molar-refractivity contribution in [3.63, 3.8) is 0 Å². The van der Waals surface area contributed by atoms with Gasteiger partial charge in [0.15, 0.2) is 0 Å². The van der Waals surface area contributed by atoms with Crippen molar-refractivity contribution in [2.75, 3.05) is 7.11 Å². The summed E-state index contributed by atoms with van der Waals surface area (Å²) >= 11 is 5.92. The van der Waals surface area contributed by atoms with Gasteiger partial charge >= 0.3 is 0 Å². The Morgan fingerprint density at radius 2 is 2.11 bits per heavy atom. The molecule has 0 fully saturated rings. The minimum absolute atomic E-state index is 0.000556. The van der Waals surface area contributed by atoms with E-state index in [0.717, 1.165) is 0 Å². The molecule has 0 saturated heterocycles. The molecule has 0 amide bonds. The topological polar surface area (TPSA) is 55.2 Å². The van der Waals surface area contributed by atoms with Gasteiger partial charge in [0, 0.05) is 29.4 Å². The van der Waals surface area contributed by atoms with E-state index in [1.54, 1.807) is 6.07 Å². The number of methoxy groups -OCH3 is 1. The van der Waals surface area contributed by atoms with E-state index in [-0.39, 0.29) is 28.6 Å². The van der Waals surface area contributed by atoms with E-state index in [0.29, 0.717) is 0 Å². The van der Waals surface area contributed by atoms with Crippen molar-refractivity contribution in [1.29, 1.82) is 0 Å². The van der Waals surface area contributed by atoms with Crippen LogP contribution in [0, 0.1) is 5.82 Å². The van der Waals surface area contributed by atoms with Crippen molar-refractivity contribution in [2.45, 2.75) is 12.5 Å². The Hall–Kier alpha value is -1.72. The second kappa shape index (κ2) is 5.95. The summed E-state index contributed by atoms with van der Waals surface area (Å²) in [6.07, 6.45) is 1.84. The van der Waals surface area contributed by atoms with E-state index in [2.05, 4.69) is 9.97 Å². The summed E-state index contributed by atoms with van der Waals surface area (Å²) in [6, 6.07) is 4.37. The second-order valence-corrected chi connectivity index (χ2v) is 4.28. The summed E-state index contributed by atoms with van der Waals surface area (Å²) in [5, 5.41) is 10.4. The van der Waals surface area contributed by atoms with Crippen LogP contribution < -0.4 is 4.74 Å². The van der Waals surface area contributed by atoms with Gasteiger partial charge in [0.25, 0.3) is 0 Å². The molecule has 19 heavy (non-hydrogen) atoms. The Morgan fingerprint density at radius 1 is 1.37 bits per heavy atom. The number of rotatable bonds is 4. The fraction of sp³-hybridized carbons (Fsp3) is 0.231. The van der Waals surface area contributed by atoms with Crippen LogP contribution in [0.3, 0.4) is 0 Å². The standard InChI is InChI=1S/C13H12ClFN2O2/c1-19-13-12(16-5-6-17-13)11(18)7-8-9(14)3-2-4-10(8)15/h2-6,11,18H,7H2,1H3. The molecule has 0 aliphatic rings. The molecule has 6 heteroatoms. The minimum atomic E-state index is -1.04. The summed E-state index contributed by atoms with van der Waals surface area (Å²) in [7, 11) is 1.43. The first-order chi connectivity index (χ1) is 9.13. The normalized spacial score (nSPS) is 12.2. The van der Waals surface area contributed by atoms with Crippen LogP contribution in [0.1, 0.15) is 17.4 Å². The van der Waals surface area contributed by atoms with Crippen LogP contribution in [0.4, 0.5) is 4.39 Å².